The van der Waals surface area contributed by atoms with E-state index in [0.29, 0.717) is 19.6 Å². The Bertz CT molecular complexity index is 465. The zero-order valence-electron chi connectivity index (χ0n) is 10.8. The van der Waals surface area contributed by atoms with Gasteiger partial charge in [0.2, 0.25) is 0 Å². The molecule has 0 bridgehead atoms. The highest BCUT2D eigenvalue weighted by molar-refractivity contribution is 5.79. The van der Waals surface area contributed by atoms with E-state index in [-0.39, 0.29) is 12.4 Å². The standard InChI is InChI=1S/C14H16N2O3/c1-11-17-9-14(19-11)10-18-16-8-13-4-2-12(3-5-13)6-7-15/h2-5,8,11,14H,6,9-10H2,1H3/b16-8+. The van der Waals surface area contributed by atoms with Gasteiger partial charge in [-0.05, 0) is 18.1 Å². The average molecular weight is 260 g/mol. The summed E-state index contributed by atoms with van der Waals surface area (Å²) in [6.45, 7) is 2.78. The van der Waals surface area contributed by atoms with Crippen molar-refractivity contribution in [3.05, 3.63) is 35.4 Å². The van der Waals surface area contributed by atoms with E-state index in [4.69, 9.17) is 19.6 Å². The maximum atomic E-state index is 8.57. The molecule has 5 nitrogen and oxygen atoms in total. The van der Waals surface area contributed by atoms with Crippen molar-refractivity contribution in [3.63, 3.8) is 0 Å². The molecule has 2 rings (SSSR count). The van der Waals surface area contributed by atoms with Crippen LogP contribution in [0.5, 0.6) is 0 Å². The zero-order valence-corrected chi connectivity index (χ0v) is 10.8. The largest absolute Gasteiger partial charge is 0.393 e. The molecule has 1 aromatic rings. The highest BCUT2D eigenvalue weighted by Gasteiger charge is 2.22. The van der Waals surface area contributed by atoms with Crippen molar-refractivity contribution in [1.29, 1.82) is 5.26 Å². The average Bonchev–Trinajstić information content (AvgIpc) is 2.83. The first-order valence-electron chi connectivity index (χ1n) is 6.16. The minimum Gasteiger partial charge on any atom is -0.393 e. The van der Waals surface area contributed by atoms with E-state index >= 15 is 0 Å². The van der Waals surface area contributed by atoms with Gasteiger partial charge < -0.3 is 14.3 Å². The van der Waals surface area contributed by atoms with Crippen molar-refractivity contribution < 1.29 is 14.3 Å². The maximum absolute atomic E-state index is 8.57. The van der Waals surface area contributed by atoms with Crippen LogP contribution in [0.2, 0.25) is 0 Å². The van der Waals surface area contributed by atoms with Crippen LogP contribution in [0.3, 0.4) is 0 Å². The lowest BCUT2D eigenvalue weighted by Gasteiger charge is -2.06. The van der Waals surface area contributed by atoms with Gasteiger partial charge in [0.1, 0.15) is 12.7 Å². The van der Waals surface area contributed by atoms with E-state index in [9.17, 15) is 0 Å². The zero-order chi connectivity index (χ0) is 13.5. The molecule has 1 saturated heterocycles. The molecule has 0 aromatic heterocycles. The molecule has 0 radical (unpaired) electrons. The van der Waals surface area contributed by atoms with Gasteiger partial charge in [-0.25, -0.2) is 0 Å². The Labute approximate surface area is 112 Å². The maximum Gasteiger partial charge on any atom is 0.155 e. The Kier molecular flexibility index (Phi) is 4.90. The van der Waals surface area contributed by atoms with Gasteiger partial charge in [-0.1, -0.05) is 29.4 Å². The van der Waals surface area contributed by atoms with Crippen LogP contribution in [0.4, 0.5) is 0 Å². The topological polar surface area (TPSA) is 63.8 Å². The molecular weight excluding hydrogens is 244 g/mol. The first-order chi connectivity index (χ1) is 9.28. The molecule has 19 heavy (non-hydrogen) atoms. The van der Waals surface area contributed by atoms with Crippen LogP contribution in [0, 0.1) is 11.3 Å². The lowest BCUT2D eigenvalue weighted by Crippen LogP contribution is -2.16. The van der Waals surface area contributed by atoms with Crippen molar-refractivity contribution in [2.24, 2.45) is 5.16 Å². The third kappa shape index (κ3) is 4.36. The second kappa shape index (κ2) is 6.88. The first kappa shape index (κ1) is 13.5. The molecule has 5 heteroatoms. The van der Waals surface area contributed by atoms with Gasteiger partial charge in [0, 0.05) is 0 Å². The van der Waals surface area contributed by atoms with Crippen LogP contribution >= 0.6 is 0 Å². The summed E-state index contributed by atoms with van der Waals surface area (Å²) in [6, 6.07) is 9.71. The summed E-state index contributed by atoms with van der Waals surface area (Å²) in [5.74, 6) is 0. The Balaban J connectivity index is 1.74. The molecule has 1 aliphatic rings. The van der Waals surface area contributed by atoms with E-state index in [1.165, 1.54) is 0 Å². The number of hydrogen-bond donors (Lipinski definition) is 0. The van der Waals surface area contributed by atoms with Gasteiger partial charge in [0.25, 0.3) is 0 Å². The normalized spacial score (nSPS) is 22.5. The van der Waals surface area contributed by atoms with Gasteiger partial charge >= 0.3 is 0 Å². The summed E-state index contributed by atoms with van der Waals surface area (Å²) < 4.78 is 10.6. The van der Waals surface area contributed by atoms with Crippen molar-refractivity contribution in [3.8, 4) is 6.07 Å². The monoisotopic (exact) mass is 260 g/mol. The Hall–Kier alpha value is -1.90. The fourth-order valence-electron chi connectivity index (χ4n) is 1.72. The van der Waals surface area contributed by atoms with E-state index in [2.05, 4.69) is 11.2 Å². The third-order valence-electron chi connectivity index (χ3n) is 2.70. The number of ether oxygens (including phenoxy) is 2. The quantitative estimate of drug-likeness (QED) is 0.599. The van der Waals surface area contributed by atoms with Crippen molar-refractivity contribution >= 4 is 6.21 Å². The SMILES string of the molecule is CC1OCC(CO/N=C/c2ccc(CC#N)cc2)O1. The molecule has 1 aliphatic heterocycles. The minimum absolute atomic E-state index is 0.0508. The molecule has 0 amide bonds. The van der Waals surface area contributed by atoms with E-state index in [1.54, 1.807) is 6.21 Å². The summed E-state index contributed by atoms with van der Waals surface area (Å²) in [4.78, 5) is 5.16. The predicted octanol–water partition coefficient (Wildman–Crippen LogP) is 1.86. The van der Waals surface area contributed by atoms with Crippen LogP contribution in [0.1, 0.15) is 18.1 Å². The van der Waals surface area contributed by atoms with Crippen molar-refractivity contribution in [1.82, 2.24) is 0 Å². The van der Waals surface area contributed by atoms with Gasteiger partial charge in [-0.2, -0.15) is 5.26 Å². The van der Waals surface area contributed by atoms with Gasteiger partial charge in [0.05, 0.1) is 25.3 Å². The molecule has 100 valence electrons. The number of hydrogen-bond acceptors (Lipinski definition) is 5. The molecule has 0 N–H and O–H groups in total. The summed E-state index contributed by atoms with van der Waals surface area (Å²) in [5.41, 5.74) is 1.92. The van der Waals surface area contributed by atoms with Gasteiger partial charge in [0.15, 0.2) is 6.29 Å². The van der Waals surface area contributed by atoms with Crippen molar-refractivity contribution in [2.45, 2.75) is 25.7 Å². The van der Waals surface area contributed by atoms with Crippen molar-refractivity contribution in [2.75, 3.05) is 13.2 Å². The molecule has 0 saturated carbocycles. The summed E-state index contributed by atoms with van der Waals surface area (Å²) in [6.07, 6.45) is 1.84. The number of oxime groups is 1. The molecule has 2 unspecified atom stereocenters. The van der Waals surface area contributed by atoms with E-state index in [0.717, 1.165) is 11.1 Å². The molecule has 1 heterocycles. The molecule has 0 spiro atoms. The van der Waals surface area contributed by atoms with Gasteiger partial charge in [-0.15, -0.1) is 0 Å². The molecular formula is C14H16N2O3. The first-order valence-corrected chi connectivity index (χ1v) is 6.16. The lowest BCUT2D eigenvalue weighted by molar-refractivity contribution is -0.0577. The third-order valence-corrected chi connectivity index (χ3v) is 2.70. The van der Waals surface area contributed by atoms with Crippen LogP contribution < -0.4 is 0 Å². The van der Waals surface area contributed by atoms with E-state index in [1.807, 2.05) is 31.2 Å². The molecule has 1 aromatic carbocycles. The number of rotatable bonds is 5. The van der Waals surface area contributed by atoms with E-state index < -0.39 is 0 Å². The lowest BCUT2D eigenvalue weighted by atomic mass is 10.1. The number of nitrogens with zero attached hydrogens (tertiary/aromatic N) is 2. The predicted molar refractivity (Wildman–Crippen MR) is 69.6 cm³/mol. The van der Waals surface area contributed by atoms with Crippen LogP contribution in [-0.4, -0.2) is 31.8 Å². The fourth-order valence-corrected chi connectivity index (χ4v) is 1.72. The summed E-state index contributed by atoms with van der Waals surface area (Å²) in [5, 5.41) is 12.4. The highest BCUT2D eigenvalue weighted by atomic mass is 16.7. The van der Waals surface area contributed by atoms with Crippen LogP contribution in [0.25, 0.3) is 0 Å². The second-order valence-corrected chi connectivity index (χ2v) is 4.27. The second-order valence-electron chi connectivity index (χ2n) is 4.27. The number of nitriles is 1. The Morgan fingerprint density at radius 2 is 2.26 bits per heavy atom. The summed E-state index contributed by atoms with van der Waals surface area (Å²) in [7, 11) is 0. The van der Waals surface area contributed by atoms with Gasteiger partial charge in [-0.3, -0.25) is 0 Å². The smallest absolute Gasteiger partial charge is 0.155 e. The number of benzene rings is 1. The minimum atomic E-state index is -0.162. The Morgan fingerprint density at radius 3 is 2.89 bits per heavy atom. The van der Waals surface area contributed by atoms with Crippen LogP contribution in [-0.2, 0) is 20.7 Å². The molecule has 0 aliphatic carbocycles. The summed E-state index contributed by atoms with van der Waals surface area (Å²) >= 11 is 0. The molecule has 2 atom stereocenters. The Morgan fingerprint density at radius 1 is 1.47 bits per heavy atom. The highest BCUT2D eigenvalue weighted by Crippen LogP contribution is 2.10. The fraction of sp³-hybridized carbons (Fsp3) is 0.429. The molecule has 1 fully saturated rings. The van der Waals surface area contributed by atoms with Crippen LogP contribution in [0.15, 0.2) is 29.4 Å².